The number of carbonyl (C=O) groups excluding carboxylic acids is 3. The molecule has 0 saturated heterocycles. The topological polar surface area (TPSA) is 78.9 Å². The molecular formula is C65H118O6. The lowest BCUT2D eigenvalue weighted by Gasteiger charge is -2.18. The highest BCUT2D eigenvalue weighted by atomic mass is 16.6. The summed E-state index contributed by atoms with van der Waals surface area (Å²) >= 11 is 0. The Kier molecular flexibility index (Phi) is 57.7. The maximum atomic E-state index is 12.9. The zero-order chi connectivity index (χ0) is 51.4. The Labute approximate surface area is 441 Å². The minimum atomic E-state index is -0.784. The van der Waals surface area contributed by atoms with Gasteiger partial charge in [-0.2, -0.15) is 0 Å². The van der Waals surface area contributed by atoms with E-state index >= 15 is 0 Å². The summed E-state index contributed by atoms with van der Waals surface area (Å²) in [5.41, 5.74) is 0. The van der Waals surface area contributed by atoms with Crippen molar-refractivity contribution in [1.82, 2.24) is 0 Å². The summed E-state index contributed by atoms with van der Waals surface area (Å²) in [5, 5.41) is 0. The van der Waals surface area contributed by atoms with Gasteiger partial charge in [-0.1, -0.05) is 288 Å². The maximum Gasteiger partial charge on any atom is 0.306 e. The van der Waals surface area contributed by atoms with Crippen LogP contribution in [0.1, 0.15) is 329 Å². The Morgan fingerprint density at radius 2 is 0.521 bits per heavy atom. The Balaban J connectivity index is 4.39. The number of unbranched alkanes of at least 4 members (excludes halogenated alkanes) is 40. The highest BCUT2D eigenvalue weighted by Crippen LogP contribution is 2.17. The normalized spacial score (nSPS) is 12.3. The van der Waals surface area contributed by atoms with E-state index in [2.05, 4.69) is 69.4 Å². The Hall–Kier alpha value is -2.63. The highest BCUT2D eigenvalue weighted by Gasteiger charge is 2.19. The molecule has 0 amide bonds. The first kappa shape index (κ1) is 68.4. The number of hydrogen-bond donors (Lipinski definition) is 0. The van der Waals surface area contributed by atoms with Crippen LogP contribution in [-0.4, -0.2) is 37.2 Å². The number of carbonyl (C=O) groups is 3. The van der Waals surface area contributed by atoms with E-state index in [1.54, 1.807) is 0 Å². The van der Waals surface area contributed by atoms with E-state index in [1.165, 1.54) is 212 Å². The fourth-order valence-corrected chi connectivity index (χ4v) is 9.15. The number of hydrogen-bond acceptors (Lipinski definition) is 6. The summed E-state index contributed by atoms with van der Waals surface area (Å²) in [6.07, 6.45) is 73.9. The van der Waals surface area contributed by atoms with E-state index in [0.717, 1.165) is 77.0 Å². The Morgan fingerprint density at radius 1 is 0.282 bits per heavy atom. The average molecular weight is 996 g/mol. The molecule has 0 aliphatic rings. The molecule has 0 fully saturated rings. The standard InChI is InChI=1S/C65H118O6/c1-4-7-10-13-16-19-22-25-28-31-33-35-37-40-43-46-49-52-55-58-64(67)70-61-62(60-69-63(66)57-54-51-48-45-42-39-36-30-27-24-21-18-15-12-9-6-3)71-65(68)59-56-53-50-47-44-41-38-34-32-29-26-23-20-17-14-11-8-5-2/h23,26,29,31-34,38,62H,4-22,24-25,27-28,30,35-37,39-61H2,1-3H3/b26-23-,32-29-,33-31-,38-34-. The highest BCUT2D eigenvalue weighted by molar-refractivity contribution is 5.71. The maximum absolute atomic E-state index is 12.9. The van der Waals surface area contributed by atoms with Gasteiger partial charge in [0, 0.05) is 19.3 Å². The third-order valence-corrected chi connectivity index (χ3v) is 13.9. The van der Waals surface area contributed by atoms with Gasteiger partial charge in [0.2, 0.25) is 0 Å². The van der Waals surface area contributed by atoms with E-state index in [-0.39, 0.29) is 31.1 Å². The van der Waals surface area contributed by atoms with Crippen LogP contribution in [0.3, 0.4) is 0 Å². The molecule has 0 aromatic heterocycles. The average Bonchev–Trinajstić information content (AvgIpc) is 3.37. The lowest BCUT2D eigenvalue weighted by molar-refractivity contribution is -0.167. The zero-order valence-corrected chi connectivity index (χ0v) is 47.5. The van der Waals surface area contributed by atoms with Crippen LogP contribution >= 0.6 is 0 Å². The minimum absolute atomic E-state index is 0.0795. The predicted octanol–water partition coefficient (Wildman–Crippen LogP) is 21.0. The summed E-state index contributed by atoms with van der Waals surface area (Å²) in [7, 11) is 0. The quantitative estimate of drug-likeness (QED) is 0.0199. The number of esters is 3. The molecule has 1 atom stereocenters. The minimum Gasteiger partial charge on any atom is -0.462 e. The SMILES string of the molecule is CCCCCCC\C=C/C=C\C=C/CCCCCCCC(=O)OC(COC(=O)CCCCCCCCC/C=C\CCCCCCCCCC)COC(=O)CCCCCCCCCCCCCCCCCC. The van der Waals surface area contributed by atoms with Crippen molar-refractivity contribution in [2.75, 3.05) is 13.2 Å². The van der Waals surface area contributed by atoms with E-state index in [0.29, 0.717) is 19.3 Å². The van der Waals surface area contributed by atoms with Crippen LogP contribution in [0.15, 0.2) is 48.6 Å². The molecule has 0 saturated carbocycles. The van der Waals surface area contributed by atoms with Crippen molar-refractivity contribution in [3.8, 4) is 0 Å². The third kappa shape index (κ3) is 58.1. The van der Waals surface area contributed by atoms with E-state index in [4.69, 9.17) is 14.2 Å². The molecule has 6 nitrogen and oxygen atoms in total. The van der Waals surface area contributed by atoms with Gasteiger partial charge in [-0.05, 0) is 70.6 Å². The molecule has 0 radical (unpaired) electrons. The number of allylic oxidation sites excluding steroid dienone is 8. The van der Waals surface area contributed by atoms with Crippen molar-refractivity contribution >= 4 is 17.9 Å². The summed E-state index contributed by atoms with van der Waals surface area (Å²) < 4.78 is 16.9. The fraction of sp³-hybridized carbons (Fsp3) is 0.831. The van der Waals surface area contributed by atoms with E-state index in [9.17, 15) is 14.4 Å². The molecule has 0 aromatic carbocycles. The van der Waals surface area contributed by atoms with Crippen molar-refractivity contribution in [3.63, 3.8) is 0 Å². The second-order valence-electron chi connectivity index (χ2n) is 21.0. The van der Waals surface area contributed by atoms with Gasteiger partial charge in [0.05, 0.1) is 0 Å². The first-order valence-electron chi connectivity index (χ1n) is 31.2. The third-order valence-electron chi connectivity index (χ3n) is 13.9. The molecule has 0 aliphatic heterocycles. The second kappa shape index (κ2) is 59.9. The lowest BCUT2D eigenvalue weighted by Crippen LogP contribution is -2.30. The molecule has 1 unspecified atom stereocenters. The lowest BCUT2D eigenvalue weighted by atomic mass is 10.0. The van der Waals surface area contributed by atoms with Crippen LogP contribution < -0.4 is 0 Å². The van der Waals surface area contributed by atoms with Crippen LogP contribution in [0, 0.1) is 0 Å². The summed E-state index contributed by atoms with van der Waals surface area (Å²) in [4.78, 5) is 38.3. The van der Waals surface area contributed by atoms with Crippen LogP contribution in [0.4, 0.5) is 0 Å². The van der Waals surface area contributed by atoms with E-state index < -0.39 is 6.10 Å². The zero-order valence-electron chi connectivity index (χ0n) is 47.5. The molecule has 0 aliphatic carbocycles. The predicted molar refractivity (Wildman–Crippen MR) is 307 cm³/mol. The van der Waals surface area contributed by atoms with Crippen molar-refractivity contribution in [1.29, 1.82) is 0 Å². The molecule has 71 heavy (non-hydrogen) atoms. The van der Waals surface area contributed by atoms with Gasteiger partial charge in [0.15, 0.2) is 6.10 Å². The smallest absolute Gasteiger partial charge is 0.306 e. The molecule has 0 rings (SSSR count). The van der Waals surface area contributed by atoms with Crippen molar-refractivity contribution < 1.29 is 28.6 Å². The van der Waals surface area contributed by atoms with Crippen molar-refractivity contribution in [3.05, 3.63) is 48.6 Å². The monoisotopic (exact) mass is 995 g/mol. The molecule has 0 N–H and O–H groups in total. The Bertz CT molecular complexity index is 1230. The largest absolute Gasteiger partial charge is 0.462 e. The van der Waals surface area contributed by atoms with Crippen LogP contribution in [-0.2, 0) is 28.6 Å². The van der Waals surface area contributed by atoms with Gasteiger partial charge in [0.25, 0.3) is 0 Å². The fourth-order valence-electron chi connectivity index (χ4n) is 9.15. The van der Waals surface area contributed by atoms with Gasteiger partial charge < -0.3 is 14.2 Å². The molecule has 0 aromatic rings. The molecule has 6 heteroatoms. The van der Waals surface area contributed by atoms with Crippen LogP contribution in [0.25, 0.3) is 0 Å². The molecule has 414 valence electrons. The molecule has 0 bridgehead atoms. The first-order chi connectivity index (χ1) is 35.0. The van der Waals surface area contributed by atoms with Gasteiger partial charge in [0.1, 0.15) is 13.2 Å². The first-order valence-corrected chi connectivity index (χ1v) is 31.2. The number of ether oxygens (including phenoxy) is 3. The summed E-state index contributed by atoms with van der Waals surface area (Å²) in [6, 6.07) is 0. The van der Waals surface area contributed by atoms with Crippen LogP contribution in [0.5, 0.6) is 0 Å². The molecule has 0 heterocycles. The number of rotatable bonds is 57. The van der Waals surface area contributed by atoms with Gasteiger partial charge >= 0.3 is 17.9 Å². The molecular weight excluding hydrogens is 877 g/mol. The Morgan fingerprint density at radius 3 is 0.817 bits per heavy atom. The van der Waals surface area contributed by atoms with Crippen LogP contribution in [0.2, 0.25) is 0 Å². The molecule has 0 spiro atoms. The van der Waals surface area contributed by atoms with Gasteiger partial charge in [-0.15, -0.1) is 0 Å². The summed E-state index contributed by atoms with van der Waals surface area (Å²) in [5.74, 6) is -0.884. The van der Waals surface area contributed by atoms with Gasteiger partial charge in [-0.3, -0.25) is 14.4 Å². The second-order valence-corrected chi connectivity index (χ2v) is 21.0. The van der Waals surface area contributed by atoms with E-state index in [1.807, 2.05) is 0 Å². The summed E-state index contributed by atoms with van der Waals surface area (Å²) in [6.45, 7) is 6.65. The van der Waals surface area contributed by atoms with Gasteiger partial charge in [-0.25, -0.2) is 0 Å². The van der Waals surface area contributed by atoms with Crippen molar-refractivity contribution in [2.45, 2.75) is 335 Å². The van der Waals surface area contributed by atoms with Crippen molar-refractivity contribution in [2.24, 2.45) is 0 Å².